The Balaban J connectivity index is 1.79. The molecule has 0 unspecified atom stereocenters. The topological polar surface area (TPSA) is 40.6 Å². The normalized spacial score (nSPS) is 17.1. The Morgan fingerprint density at radius 1 is 0.783 bits per heavy atom. The van der Waals surface area contributed by atoms with E-state index >= 15 is 0 Å². The number of fused-ring (bicyclic) bond motifs is 1. The quantitative estimate of drug-likeness (QED) is 0.799. The molecule has 2 amide bonds. The maximum absolute atomic E-state index is 12.7. The Morgan fingerprint density at radius 3 is 1.96 bits per heavy atom. The van der Waals surface area contributed by atoms with E-state index in [1.165, 1.54) is 17.7 Å². The molecule has 116 valence electrons. The smallest absolute Gasteiger partial charge is 0.266 e. The van der Waals surface area contributed by atoms with Crippen LogP contribution in [0.2, 0.25) is 0 Å². The maximum atomic E-state index is 12.7. The molecule has 0 atom stereocenters. The minimum atomic E-state index is -0.229. The lowest BCUT2D eigenvalue weighted by molar-refractivity contribution is 0.0926. The number of rotatable bonds is 2. The van der Waals surface area contributed by atoms with Crippen LogP contribution < -0.4 is 9.80 Å². The summed E-state index contributed by atoms with van der Waals surface area (Å²) in [5.74, 6) is -0.459. The highest BCUT2D eigenvalue weighted by Crippen LogP contribution is 2.35. The largest absolute Gasteiger partial charge is 0.371 e. The first-order valence-corrected chi connectivity index (χ1v) is 8.01. The number of benzene rings is 2. The first-order chi connectivity index (χ1) is 11.2. The fourth-order valence-corrected chi connectivity index (χ4v) is 3.56. The zero-order valence-corrected chi connectivity index (χ0v) is 13.1. The Labute approximate surface area is 135 Å². The first kappa shape index (κ1) is 14.0. The molecule has 4 heteroatoms. The van der Waals surface area contributed by atoms with Gasteiger partial charge in [0.05, 0.1) is 16.8 Å². The van der Waals surface area contributed by atoms with Crippen molar-refractivity contribution in [3.63, 3.8) is 0 Å². The van der Waals surface area contributed by atoms with Crippen LogP contribution in [0.1, 0.15) is 39.1 Å². The van der Waals surface area contributed by atoms with Gasteiger partial charge < -0.3 is 4.90 Å². The molecule has 2 heterocycles. The molecule has 23 heavy (non-hydrogen) atoms. The molecule has 2 aromatic rings. The Hall–Kier alpha value is -2.62. The standard InChI is InChI=1S/C19H18N2O2/c1-13-16(20-11-4-5-12-20)9-6-10-17(13)21-18(22)14-7-2-3-8-15(14)19(21)23/h2-3,6-10H,4-5,11-12H2,1H3. The van der Waals surface area contributed by atoms with Gasteiger partial charge in [-0.25, -0.2) is 4.90 Å². The van der Waals surface area contributed by atoms with E-state index in [1.807, 2.05) is 19.1 Å². The maximum Gasteiger partial charge on any atom is 0.266 e. The molecular weight excluding hydrogens is 288 g/mol. The van der Waals surface area contributed by atoms with Crippen LogP contribution in [0.15, 0.2) is 42.5 Å². The summed E-state index contributed by atoms with van der Waals surface area (Å²) in [6, 6.07) is 12.9. The summed E-state index contributed by atoms with van der Waals surface area (Å²) in [4.78, 5) is 29.0. The lowest BCUT2D eigenvalue weighted by atomic mass is 10.1. The highest BCUT2D eigenvalue weighted by Gasteiger charge is 2.37. The van der Waals surface area contributed by atoms with Crippen LogP contribution in [0, 0.1) is 6.92 Å². The first-order valence-electron chi connectivity index (χ1n) is 8.01. The van der Waals surface area contributed by atoms with Gasteiger partial charge in [-0.05, 0) is 49.6 Å². The average molecular weight is 306 g/mol. The third-order valence-corrected chi connectivity index (χ3v) is 4.76. The summed E-state index contributed by atoms with van der Waals surface area (Å²) in [5.41, 5.74) is 3.79. The molecule has 0 bridgehead atoms. The van der Waals surface area contributed by atoms with Gasteiger partial charge in [-0.3, -0.25) is 9.59 Å². The molecule has 0 saturated carbocycles. The molecule has 0 N–H and O–H groups in total. The van der Waals surface area contributed by atoms with Gasteiger partial charge in [0.15, 0.2) is 0 Å². The van der Waals surface area contributed by atoms with Crippen molar-refractivity contribution in [2.45, 2.75) is 19.8 Å². The number of hydrogen-bond donors (Lipinski definition) is 0. The molecular formula is C19H18N2O2. The van der Waals surface area contributed by atoms with Crippen LogP contribution in [0.5, 0.6) is 0 Å². The molecule has 2 aromatic carbocycles. The second-order valence-corrected chi connectivity index (χ2v) is 6.11. The van der Waals surface area contributed by atoms with Gasteiger partial charge in [-0.1, -0.05) is 18.2 Å². The van der Waals surface area contributed by atoms with E-state index in [9.17, 15) is 9.59 Å². The van der Waals surface area contributed by atoms with E-state index in [1.54, 1.807) is 24.3 Å². The second kappa shape index (κ2) is 5.23. The Morgan fingerprint density at radius 2 is 1.35 bits per heavy atom. The van der Waals surface area contributed by atoms with E-state index < -0.39 is 0 Å². The highest BCUT2D eigenvalue weighted by molar-refractivity contribution is 6.34. The van der Waals surface area contributed by atoms with E-state index in [0.717, 1.165) is 24.3 Å². The minimum Gasteiger partial charge on any atom is -0.371 e. The molecule has 4 nitrogen and oxygen atoms in total. The van der Waals surface area contributed by atoms with Crippen molar-refractivity contribution in [1.29, 1.82) is 0 Å². The molecule has 1 fully saturated rings. The summed E-state index contributed by atoms with van der Waals surface area (Å²) in [6.45, 7) is 4.06. The van der Waals surface area contributed by atoms with E-state index in [2.05, 4.69) is 11.0 Å². The lowest BCUT2D eigenvalue weighted by Gasteiger charge is -2.24. The van der Waals surface area contributed by atoms with Gasteiger partial charge in [-0.2, -0.15) is 0 Å². The van der Waals surface area contributed by atoms with Crippen molar-refractivity contribution in [2.24, 2.45) is 0 Å². The molecule has 0 aromatic heterocycles. The van der Waals surface area contributed by atoms with Crippen molar-refractivity contribution in [2.75, 3.05) is 22.9 Å². The van der Waals surface area contributed by atoms with Crippen molar-refractivity contribution in [3.8, 4) is 0 Å². The Bertz CT molecular complexity index is 772. The van der Waals surface area contributed by atoms with E-state index in [4.69, 9.17) is 0 Å². The molecule has 4 rings (SSSR count). The summed E-state index contributed by atoms with van der Waals surface area (Å²) >= 11 is 0. The lowest BCUT2D eigenvalue weighted by Crippen LogP contribution is -2.30. The predicted octanol–water partition coefficient (Wildman–Crippen LogP) is 3.40. The molecule has 2 aliphatic heterocycles. The van der Waals surface area contributed by atoms with Crippen molar-refractivity contribution >= 4 is 23.2 Å². The summed E-state index contributed by atoms with van der Waals surface area (Å²) in [7, 11) is 0. The van der Waals surface area contributed by atoms with Gasteiger partial charge in [0.2, 0.25) is 0 Å². The average Bonchev–Trinajstić information content (AvgIpc) is 3.17. The van der Waals surface area contributed by atoms with Gasteiger partial charge >= 0.3 is 0 Å². The van der Waals surface area contributed by atoms with Crippen molar-refractivity contribution in [3.05, 3.63) is 59.2 Å². The number of imide groups is 1. The number of carbonyl (C=O) groups excluding carboxylic acids is 2. The fraction of sp³-hybridized carbons (Fsp3) is 0.263. The number of nitrogens with zero attached hydrogens (tertiary/aromatic N) is 2. The molecule has 1 saturated heterocycles. The van der Waals surface area contributed by atoms with Gasteiger partial charge in [0.25, 0.3) is 11.8 Å². The monoisotopic (exact) mass is 306 g/mol. The molecule has 0 spiro atoms. The minimum absolute atomic E-state index is 0.229. The van der Waals surface area contributed by atoms with E-state index in [0.29, 0.717) is 16.8 Å². The third-order valence-electron chi connectivity index (χ3n) is 4.76. The summed E-state index contributed by atoms with van der Waals surface area (Å²) in [6.07, 6.45) is 2.38. The third kappa shape index (κ3) is 2.05. The number of amides is 2. The van der Waals surface area contributed by atoms with Gasteiger partial charge in [-0.15, -0.1) is 0 Å². The zero-order chi connectivity index (χ0) is 16.0. The highest BCUT2D eigenvalue weighted by atomic mass is 16.2. The van der Waals surface area contributed by atoms with Crippen LogP contribution in [0.3, 0.4) is 0 Å². The van der Waals surface area contributed by atoms with Crippen LogP contribution in [0.4, 0.5) is 11.4 Å². The number of hydrogen-bond acceptors (Lipinski definition) is 3. The van der Waals surface area contributed by atoms with E-state index in [-0.39, 0.29) is 11.8 Å². The predicted molar refractivity (Wildman–Crippen MR) is 90.2 cm³/mol. The van der Waals surface area contributed by atoms with Crippen molar-refractivity contribution in [1.82, 2.24) is 0 Å². The van der Waals surface area contributed by atoms with Crippen LogP contribution in [0.25, 0.3) is 0 Å². The van der Waals surface area contributed by atoms with Gasteiger partial charge in [0, 0.05) is 18.8 Å². The zero-order valence-electron chi connectivity index (χ0n) is 13.1. The fourth-order valence-electron chi connectivity index (χ4n) is 3.56. The SMILES string of the molecule is Cc1c(N2CCCC2)cccc1N1C(=O)c2ccccc2C1=O. The van der Waals surface area contributed by atoms with Crippen LogP contribution in [-0.2, 0) is 0 Å². The number of carbonyl (C=O) groups is 2. The number of anilines is 2. The second-order valence-electron chi connectivity index (χ2n) is 6.11. The summed E-state index contributed by atoms with van der Waals surface area (Å²) in [5, 5.41) is 0. The van der Waals surface area contributed by atoms with Crippen LogP contribution >= 0.6 is 0 Å². The summed E-state index contributed by atoms with van der Waals surface area (Å²) < 4.78 is 0. The molecule has 0 aliphatic carbocycles. The van der Waals surface area contributed by atoms with Crippen LogP contribution in [-0.4, -0.2) is 24.9 Å². The van der Waals surface area contributed by atoms with Crippen molar-refractivity contribution < 1.29 is 9.59 Å². The molecule has 2 aliphatic rings. The molecule has 0 radical (unpaired) electrons. The van der Waals surface area contributed by atoms with Gasteiger partial charge in [0.1, 0.15) is 0 Å². The Kier molecular flexibility index (Phi) is 3.18.